The van der Waals surface area contributed by atoms with Gasteiger partial charge in [-0.2, -0.15) is 0 Å². The summed E-state index contributed by atoms with van der Waals surface area (Å²) in [6.07, 6.45) is 1.83. The summed E-state index contributed by atoms with van der Waals surface area (Å²) in [5.74, 6) is 0.553. The predicted molar refractivity (Wildman–Crippen MR) is 113 cm³/mol. The van der Waals surface area contributed by atoms with Crippen LogP contribution in [-0.4, -0.2) is 41.4 Å². The molecule has 0 aromatic heterocycles. The summed E-state index contributed by atoms with van der Waals surface area (Å²) in [5.41, 5.74) is 0.940. The number of rotatable bonds is 9. The van der Waals surface area contributed by atoms with Gasteiger partial charge in [-0.25, -0.2) is 8.42 Å². The van der Waals surface area contributed by atoms with Gasteiger partial charge in [-0.05, 0) is 30.7 Å². The molecular weight excluding hydrogens is 420 g/mol. The van der Waals surface area contributed by atoms with E-state index in [1.807, 2.05) is 6.92 Å². The van der Waals surface area contributed by atoms with Crippen molar-refractivity contribution in [1.29, 1.82) is 0 Å². The maximum absolute atomic E-state index is 12.7. The van der Waals surface area contributed by atoms with E-state index in [0.29, 0.717) is 23.8 Å². The molecule has 0 aliphatic heterocycles. The van der Waals surface area contributed by atoms with Crippen LogP contribution in [0.5, 0.6) is 17.2 Å². The van der Waals surface area contributed by atoms with Crippen LogP contribution in [0.15, 0.2) is 30.3 Å². The Labute approximate surface area is 175 Å². The van der Waals surface area contributed by atoms with Gasteiger partial charge >= 0.3 is 0 Å². The van der Waals surface area contributed by atoms with Gasteiger partial charge in [0.2, 0.25) is 10.0 Å². The third-order valence-corrected chi connectivity index (χ3v) is 4.57. The molecule has 2 aromatic carbocycles. The molecule has 2 rings (SSSR count). The van der Waals surface area contributed by atoms with Crippen LogP contribution >= 0.6 is 11.6 Å². The first-order chi connectivity index (χ1) is 13.7. The van der Waals surface area contributed by atoms with Crippen molar-refractivity contribution in [3.63, 3.8) is 0 Å². The molecule has 0 saturated carbocycles. The topological polar surface area (TPSA) is 103 Å². The lowest BCUT2D eigenvalue weighted by Crippen LogP contribution is -2.14. The SMILES string of the molecule is CCCOc1c(Cl)cc(C(=O)Nc2ccc(NS(C)(=O)=O)c(OC)c2)cc1OC. The third kappa shape index (κ3) is 6.16. The van der Waals surface area contributed by atoms with E-state index in [-0.39, 0.29) is 22.0 Å². The van der Waals surface area contributed by atoms with Crippen molar-refractivity contribution in [2.24, 2.45) is 0 Å². The van der Waals surface area contributed by atoms with E-state index < -0.39 is 15.9 Å². The van der Waals surface area contributed by atoms with E-state index in [4.69, 9.17) is 25.8 Å². The summed E-state index contributed by atoms with van der Waals surface area (Å²) in [4.78, 5) is 12.7. The van der Waals surface area contributed by atoms with Crippen molar-refractivity contribution in [3.05, 3.63) is 40.9 Å². The minimum Gasteiger partial charge on any atom is -0.494 e. The molecule has 10 heteroatoms. The van der Waals surface area contributed by atoms with Crippen LogP contribution in [0.3, 0.4) is 0 Å². The Morgan fingerprint density at radius 1 is 1.10 bits per heavy atom. The van der Waals surface area contributed by atoms with Gasteiger partial charge in [-0.3, -0.25) is 9.52 Å². The first kappa shape index (κ1) is 22.6. The van der Waals surface area contributed by atoms with Crippen LogP contribution in [-0.2, 0) is 10.0 Å². The summed E-state index contributed by atoms with van der Waals surface area (Å²) < 4.78 is 41.3. The summed E-state index contributed by atoms with van der Waals surface area (Å²) in [6.45, 7) is 2.43. The van der Waals surface area contributed by atoms with E-state index in [9.17, 15) is 13.2 Å². The molecular formula is C19H23ClN2O6S. The summed E-state index contributed by atoms with van der Waals surface area (Å²) in [6, 6.07) is 7.56. The molecule has 0 fully saturated rings. The van der Waals surface area contributed by atoms with Crippen LogP contribution in [0.4, 0.5) is 11.4 Å². The maximum Gasteiger partial charge on any atom is 0.255 e. The molecule has 2 N–H and O–H groups in total. The molecule has 1 amide bonds. The highest BCUT2D eigenvalue weighted by Crippen LogP contribution is 2.37. The van der Waals surface area contributed by atoms with Gasteiger partial charge < -0.3 is 19.5 Å². The van der Waals surface area contributed by atoms with Crippen molar-refractivity contribution in [2.45, 2.75) is 13.3 Å². The number of sulfonamides is 1. The molecule has 0 heterocycles. The molecule has 0 bridgehead atoms. The Kier molecular flexibility index (Phi) is 7.58. The van der Waals surface area contributed by atoms with Gasteiger partial charge in [0, 0.05) is 17.3 Å². The normalized spacial score (nSPS) is 10.9. The predicted octanol–water partition coefficient (Wildman–Crippen LogP) is 3.77. The van der Waals surface area contributed by atoms with Crippen LogP contribution in [0.1, 0.15) is 23.7 Å². The Balaban J connectivity index is 2.27. The average Bonchev–Trinajstić information content (AvgIpc) is 2.66. The molecule has 158 valence electrons. The van der Waals surface area contributed by atoms with E-state index in [1.165, 1.54) is 38.5 Å². The van der Waals surface area contributed by atoms with E-state index in [0.717, 1.165) is 12.7 Å². The molecule has 0 spiro atoms. The number of ether oxygens (including phenoxy) is 3. The van der Waals surface area contributed by atoms with Crippen molar-refractivity contribution in [2.75, 3.05) is 37.1 Å². The van der Waals surface area contributed by atoms with Crippen molar-refractivity contribution >= 4 is 38.9 Å². The number of anilines is 2. The largest absolute Gasteiger partial charge is 0.494 e. The monoisotopic (exact) mass is 442 g/mol. The fourth-order valence-electron chi connectivity index (χ4n) is 2.45. The van der Waals surface area contributed by atoms with Gasteiger partial charge in [0.25, 0.3) is 5.91 Å². The van der Waals surface area contributed by atoms with Gasteiger partial charge in [0.1, 0.15) is 5.75 Å². The fraction of sp³-hybridized carbons (Fsp3) is 0.316. The van der Waals surface area contributed by atoms with Gasteiger partial charge in [-0.15, -0.1) is 0 Å². The lowest BCUT2D eigenvalue weighted by Gasteiger charge is -2.15. The second kappa shape index (κ2) is 9.71. The Morgan fingerprint density at radius 2 is 1.79 bits per heavy atom. The molecule has 0 aliphatic rings. The van der Waals surface area contributed by atoms with Crippen molar-refractivity contribution in [1.82, 2.24) is 0 Å². The van der Waals surface area contributed by atoms with Crippen LogP contribution in [0.25, 0.3) is 0 Å². The number of carbonyl (C=O) groups excluding carboxylic acids is 1. The molecule has 8 nitrogen and oxygen atoms in total. The Morgan fingerprint density at radius 3 is 2.38 bits per heavy atom. The third-order valence-electron chi connectivity index (χ3n) is 3.70. The highest BCUT2D eigenvalue weighted by atomic mass is 35.5. The number of nitrogens with one attached hydrogen (secondary N) is 2. The zero-order chi connectivity index (χ0) is 21.6. The van der Waals surface area contributed by atoms with Gasteiger partial charge in [-0.1, -0.05) is 18.5 Å². The minimum absolute atomic E-state index is 0.257. The number of methoxy groups -OCH3 is 2. The number of amides is 1. The Hall–Kier alpha value is -2.65. The van der Waals surface area contributed by atoms with Crippen molar-refractivity contribution in [3.8, 4) is 17.2 Å². The molecule has 0 radical (unpaired) electrons. The fourth-order valence-corrected chi connectivity index (χ4v) is 3.28. The molecule has 0 atom stereocenters. The first-order valence-corrected chi connectivity index (χ1v) is 10.9. The number of hydrogen-bond acceptors (Lipinski definition) is 6. The molecule has 0 aliphatic carbocycles. The second-order valence-electron chi connectivity index (χ2n) is 6.08. The number of benzene rings is 2. The maximum atomic E-state index is 12.7. The highest BCUT2D eigenvalue weighted by molar-refractivity contribution is 7.92. The summed E-state index contributed by atoms with van der Waals surface area (Å²) in [7, 11) is -0.610. The van der Waals surface area contributed by atoms with Gasteiger partial charge in [0.05, 0.1) is 37.8 Å². The van der Waals surface area contributed by atoms with E-state index in [1.54, 1.807) is 6.07 Å². The Bertz CT molecular complexity index is 994. The minimum atomic E-state index is -3.47. The quantitative estimate of drug-likeness (QED) is 0.612. The van der Waals surface area contributed by atoms with Crippen LogP contribution in [0, 0.1) is 0 Å². The summed E-state index contributed by atoms with van der Waals surface area (Å²) in [5, 5.41) is 2.97. The van der Waals surface area contributed by atoms with E-state index >= 15 is 0 Å². The number of halogens is 1. The highest BCUT2D eigenvalue weighted by Gasteiger charge is 2.17. The number of carbonyl (C=O) groups is 1. The molecule has 0 unspecified atom stereocenters. The zero-order valence-corrected chi connectivity index (χ0v) is 18.1. The standard InChI is InChI=1S/C19H23ClN2O6S/c1-5-8-28-18-14(20)9-12(10-17(18)27-3)19(23)21-13-6-7-15(16(11-13)26-2)22-29(4,24)25/h6-7,9-11,22H,5,8H2,1-4H3,(H,21,23). The van der Waals surface area contributed by atoms with Crippen LogP contribution in [0.2, 0.25) is 5.02 Å². The molecule has 29 heavy (non-hydrogen) atoms. The second-order valence-corrected chi connectivity index (χ2v) is 8.24. The average molecular weight is 443 g/mol. The summed E-state index contributed by atoms with van der Waals surface area (Å²) >= 11 is 6.26. The van der Waals surface area contributed by atoms with E-state index in [2.05, 4.69) is 10.0 Å². The lowest BCUT2D eigenvalue weighted by atomic mass is 10.1. The molecule has 2 aromatic rings. The smallest absolute Gasteiger partial charge is 0.255 e. The van der Waals surface area contributed by atoms with Gasteiger partial charge in [0.15, 0.2) is 11.5 Å². The van der Waals surface area contributed by atoms with Crippen molar-refractivity contribution < 1.29 is 27.4 Å². The van der Waals surface area contributed by atoms with Crippen LogP contribution < -0.4 is 24.2 Å². The lowest BCUT2D eigenvalue weighted by molar-refractivity contribution is 0.102. The first-order valence-electron chi connectivity index (χ1n) is 8.66. The molecule has 0 saturated heterocycles. The zero-order valence-electron chi connectivity index (χ0n) is 16.5. The number of hydrogen-bond donors (Lipinski definition) is 2.